The minimum Gasteiger partial charge on any atom is -0.335 e. The van der Waals surface area contributed by atoms with Crippen molar-refractivity contribution in [3.8, 4) is 11.8 Å². The number of anilines is 3. The Morgan fingerprint density at radius 2 is 1.93 bits per heavy atom. The average molecular weight is 567 g/mol. The van der Waals surface area contributed by atoms with E-state index in [2.05, 4.69) is 39.0 Å². The molecule has 2 aromatic heterocycles. The summed E-state index contributed by atoms with van der Waals surface area (Å²) in [4.78, 5) is 48.3. The average Bonchev–Trinajstić information content (AvgIpc) is 3.32. The lowest BCUT2D eigenvalue weighted by Crippen LogP contribution is -2.48. The van der Waals surface area contributed by atoms with Crippen molar-refractivity contribution in [3.63, 3.8) is 0 Å². The number of carbonyl (C=O) groups is 3. The third-order valence-electron chi connectivity index (χ3n) is 5.82. The first-order valence-electron chi connectivity index (χ1n) is 12.1. The summed E-state index contributed by atoms with van der Waals surface area (Å²) in [6.45, 7) is 4.25. The number of pyridine rings is 2. The molecule has 1 atom stereocenters. The lowest BCUT2D eigenvalue weighted by atomic mass is 10.1. The minimum atomic E-state index is -4.70. The van der Waals surface area contributed by atoms with Crippen molar-refractivity contribution in [1.82, 2.24) is 15.3 Å². The molecule has 0 spiro atoms. The molecule has 3 aromatic rings. The van der Waals surface area contributed by atoms with E-state index in [0.29, 0.717) is 6.07 Å². The van der Waals surface area contributed by atoms with E-state index in [4.69, 9.17) is 0 Å². The van der Waals surface area contributed by atoms with Crippen molar-refractivity contribution < 1.29 is 31.9 Å². The highest BCUT2D eigenvalue weighted by atomic mass is 19.4. The van der Waals surface area contributed by atoms with Crippen LogP contribution in [-0.2, 0) is 15.8 Å². The van der Waals surface area contributed by atoms with Crippen molar-refractivity contribution in [1.29, 1.82) is 0 Å². The number of benzene rings is 1. The van der Waals surface area contributed by atoms with Crippen molar-refractivity contribution in [3.05, 3.63) is 90.0 Å². The molecule has 1 saturated heterocycles. The van der Waals surface area contributed by atoms with Crippen LogP contribution in [0.2, 0.25) is 0 Å². The zero-order chi connectivity index (χ0) is 29.7. The Labute approximate surface area is 231 Å². The first-order chi connectivity index (χ1) is 19.5. The van der Waals surface area contributed by atoms with Gasteiger partial charge in [0.1, 0.15) is 29.2 Å². The van der Waals surface area contributed by atoms with Gasteiger partial charge in [-0.15, -0.1) is 0 Å². The van der Waals surface area contributed by atoms with E-state index in [9.17, 15) is 31.9 Å². The van der Waals surface area contributed by atoms with Gasteiger partial charge in [-0.25, -0.2) is 19.2 Å². The molecule has 13 heteroatoms. The number of nitrogens with zero attached hydrogens (tertiary/aromatic N) is 4. The number of aromatic nitrogens is 2. The van der Waals surface area contributed by atoms with E-state index in [1.165, 1.54) is 24.0 Å². The normalized spacial score (nSPS) is 14.5. The number of aryl methyl sites for hydroxylation is 1. The number of rotatable bonds is 6. The van der Waals surface area contributed by atoms with E-state index in [1.54, 1.807) is 18.2 Å². The Kier molecular flexibility index (Phi) is 8.32. The van der Waals surface area contributed by atoms with Crippen LogP contribution in [0.3, 0.4) is 0 Å². The molecule has 9 nitrogen and oxygen atoms in total. The quantitative estimate of drug-likeness (QED) is 0.266. The number of amides is 4. The summed E-state index contributed by atoms with van der Waals surface area (Å²) >= 11 is 0. The summed E-state index contributed by atoms with van der Waals surface area (Å²) in [7, 11) is 0. The number of hydrogen-bond donors (Lipinski definition) is 2. The number of hydrogen-bond acceptors (Lipinski definition) is 5. The van der Waals surface area contributed by atoms with Gasteiger partial charge in [0.2, 0.25) is 5.91 Å². The van der Waals surface area contributed by atoms with Gasteiger partial charge in [0, 0.05) is 17.9 Å². The van der Waals surface area contributed by atoms with Gasteiger partial charge < -0.3 is 10.6 Å². The fourth-order valence-electron chi connectivity index (χ4n) is 3.96. The maximum atomic E-state index is 13.8. The van der Waals surface area contributed by atoms with Crippen LogP contribution in [0, 0.1) is 24.6 Å². The molecular weight excluding hydrogens is 544 g/mol. The highest BCUT2D eigenvalue weighted by Gasteiger charge is 2.41. The number of alkyl halides is 3. The Morgan fingerprint density at radius 3 is 2.61 bits per heavy atom. The summed E-state index contributed by atoms with van der Waals surface area (Å²) in [5.74, 6) is 3.73. The zero-order valence-electron chi connectivity index (χ0n) is 21.5. The molecule has 0 bridgehead atoms. The molecule has 4 amide bonds. The maximum absolute atomic E-state index is 13.8. The Morgan fingerprint density at radius 1 is 1.20 bits per heavy atom. The maximum Gasteiger partial charge on any atom is 0.416 e. The number of nitrogens with one attached hydrogen (secondary N) is 2. The van der Waals surface area contributed by atoms with Crippen molar-refractivity contribution in [2.75, 3.05) is 28.2 Å². The second-order valence-electron chi connectivity index (χ2n) is 8.73. The number of urea groups is 1. The van der Waals surface area contributed by atoms with Gasteiger partial charge in [0.05, 0.1) is 12.1 Å². The first kappa shape index (κ1) is 28.8. The van der Waals surface area contributed by atoms with Crippen LogP contribution < -0.4 is 20.4 Å². The van der Waals surface area contributed by atoms with Crippen molar-refractivity contribution in [2.45, 2.75) is 19.1 Å². The highest BCUT2D eigenvalue weighted by Crippen LogP contribution is 2.33. The van der Waals surface area contributed by atoms with Gasteiger partial charge in [0.15, 0.2) is 0 Å². The SMILES string of the molecule is C=CC(=O)Nc1cccc(C#CCN(C(=O)C2CNC(=O)N2c2cc(C(F)(F)F)cc(C)n2)c2ccc(F)cc2)n1. The fraction of sp³-hybridized carbons (Fsp3) is 0.179. The number of halogens is 4. The van der Waals surface area contributed by atoms with Gasteiger partial charge in [-0.2, -0.15) is 13.2 Å². The summed E-state index contributed by atoms with van der Waals surface area (Å²) in [5, 5.41) is 4.97. The molecule has 1 unspecified atom stereocenters. The lowest BCUT2D eigenvalue weighted by Gasteiger charge is -2.28. The largest absolute Gasteiger partial charge is 0.416 e. The van der Waals surface area contributed by atoms with Gasteiger partial charge in [0.25, 0.3) is 5.91 Å². The first-order valence-corrected chi connectivity index (χ1v) is 12.1. The molecule has 0 saturated carbocycles. The Balaban J connectivity index is 1.66. The van der Waals surface area contributed by atoms with Crippen LogP contribution in [0.1, 0.15) is 17.0 Å². The smallest absolute Gasteiger partial charge is 0.335 e. The van der Waals surface area contributed by atoms with E-state index < -0.39 is 41.4 Å². The topological polar surface area (TPSA) is 108 Å². The zero-order valence-corrected chi connectivity index (χ0v) is 21.5. The number of carbonyl (C=O) groups excluding carboxylic acids is 3. The van der Waals surface area contributed by atoms with Crippen LogP contribution in [-0.4, -0.2) is 46.9 Å². The third-order valence-corrected chi connectivity index (χ3v) is 5.82. The Bertz CT molecular complexity index is 1560. The molecule has 1 aromatic carbocycles. The third kappa shape index (κ3) is 6.85. The van der Waals surface area contributed by atoms with Crippen molar-refractivity contribution >= 4 is 35.2 Å². The molecule has 1 fully saturated rings. The second kappa shape index (κ2) is 11.9. The van der Waals surface area contributed by atoms with Crippen LogP contribution in [0.5, 0.6) is 0 Å². The van der Waals surface area contributed by atoms with Crippen LogP contribution >= 0.6 is 0 Å². The van der Waals surface area contributed by atoms with Gasteiger partial charge in [-0.1, -0.05) is 18.6 Å². The summed E-state index contributed by atoms with van der Waals surface area (Å²) in [5.41, 5.74) is -0.522. The molecular formula is C28H22F4N6O3. The molecule has 0 radical (unpaired) electrons. The van der Waals surface area contributed by atoms with Crippen LogP contribution in [0.25, 0.3) is 0 Å². The van der Waals surface area contributed by atoms with E-state index in [1.807, 2.05) is 0 Å². The summed E-state index contributed by atoms with van der Waals surface area (Å²) < 4.78 is 54.0. The summed E-state index contributed by atoms with van der Waals surface area (Å²) in [6.07, 6.45) is -3.62. The lowest BCUT2D eigenvalue weighted by molar-refractivity contribution is -0.137. The van der Waals surface area contributed by atoms with Gasteiger partial charge in [-0.3, -0.25) is 19.4 Å². The van der Waals surface area contributed by atoms with Crippen molar-refractivity contribution in [2.24, 2.45) is 0 Å². The predicted molar refractivity (Wildman–Crippen MR) is 142 cm³/mol. The molecule has 1 aliphatic heterocycles. The predicted octanol–water partition coefficient (Wildman–Crippen LogP) is 4.05. The van der Waals surface area contributed by atoms with Gasteiger partial charge in [-0.05, 0) is 67.5 Å². The second-order valence-corrected chi connectivity index (χ2v) is 8.73. The molecule has 0 aliphatic carbocycles. The molecule has 41 heavy (non-hydrogen) atoms. The molecule has 4 rings (SSSR count). The van der Waals surface area contributed by atoms with E-state index in [-0.39, 0.29) is 41.8 Å². The standard InChI is InChI=1S/C28H22F4N6O3/c1-3-25(39)36-23-8-4-6-20(35-23)7-5-13-37(21-11-9-19(29)10-12-21)26(40)22-16-33-27(41)38(22)24-15-18(28(30,31)32)14-17(2)34-24/h3-4,6,8-12,14-15,22H,1,13,16H2,2H3,(H,33,41)(H,35,36,39). The minimum absolute atomic E-state index is 0.000918. The molecule has 3 heterocycles. The summed E-state index contributed by atoms with van der Waals surface area (Å²) in [6, 6.07) is 9.10. The highest BCUT2D eigenvalue weighted by molar-refractivity contribution is 6.08. The van der Waals surface area contributed by atoms with Crippen LogP contribution in [0.15, 0.2) is 67.3 Å². The Hall–Kier alpha value is -5.25. The van der Waals surface area contributed by atoms with E-state index in [0.717, 1.165) is 29.2 Å². The van der Waals surface area contributed by atoms with Crippen LogP contribution in [0.4, 0.5) is 39.7 Å². The van der Waals surface area contributed by atoms with Gasteiger partial charge >= 0.3 is 12.2 Å². The molecule has 1 aliphatic rings. The fourth-order valence-corrected chi connectivity index (χ4v) is 3.96. The molecule has 210 valence electrons. The monoisotopic (exact) mass is 566 g/mol. The van der Waals surface area contributed by atoms with E-state index >= 15 is 0 Å². The molecule has 2 N–H and O–H groups in total.